The summed E-state index contributed by atoms with van der Waals surface area (Å²) in [4.78, 5) is 12.5. The van der Waals surface area contributed by atoms with Gasteiger partial charge in [0.05, 0.1) is 18.8 Å². The number of nitrogens with one attached hydrogen (secondary N) is 1. The van der Waals surface area contributed by atoms with Crippen molar-refractivity contribution in [3.05, 3.63) is 36.5 Å². The summed E-state index contributed by atoms with van der Waals surface area (Å²) in [6.07, 6.45) is 50.4. The first kappa shape index (κ1) is 52.5. The molecule has 5 N–H and O–H groups in total. The zero-order valence-electron chi connectivity index (χ0n) is 35.7. The van der Waals surface area contributed by atoms with Crippen LogP contribution in [0.4, 0.5) is 0 Å². The molecule has 6 heteroatoms. The molecule has 4 atom stereocenters. The Morgan fingerprint density at radius 3 is 1.17 bits per heavy atom. The molecule has 0 aromatic carbocycles. The molecule has 1 amide bonds. The number of aliphatic hydroxyl groups excluding tert-OH is 4. The molecule has 54 heavy (non-hydrogen) atoms. The lowest BCUT2D eigenvalue weighted by atomic mass is 10.00. The van der Waals surface area contributed by atoms with Gasteiger partial charge in [-0.05, 0) is 77.0 Å². The summed E-state index contributed by atoms with van der Waals surface area (Å²) < 4.78 is 0. The van der Waals surface area contributed by atoms with Crippen molar-refractivity contribution in [3.8, 4) is 0 Å². The minimum Gasteiger partial charge on any atom is -0.394 e. The van der Waals surface area contributed by atoms with E-state index in [-0.39, 0.29) is 0 Å². The zero-order valence-corrected chi connectivity index (χ0v) is 35.7. The average Bonchev–Trinajstić information content (AvgIpc) is 3.18. The second-order valence-corrected chi connectivity index (χ2v) is 16.1. The van der Waals surface area contributed by atoms with Crippen molar-refractivity contribution in [1.29, 1.82) is 0 Å². The van der Waals surface area contributed by atoms with E-state index in [0.717, 1.165) is 51.4 Å². The Kier molecular flexibility index (Phi) is 41.5. The molecule has 0 fully saturated rings. The molecule has 6 nitrogen and oxygen atoms in total. The first-order chi connectivity index (χ1) is 26.5. The van der Waals surface area contributed by atoms with Crippen LogP contribution in [0.2, 0.25) is 0 Å². The molecule has 0 heterocycles. The molecule has 0 aromatic rings. The number of carbonyl (C=O) groups is 1. The Balaban J connectivity index is 3.80. The third-order valence-electron chi connectivity index (χ3n) is 10.8. The number of carbonyl (C=O) groups excluding carboxylic acids is 1. The summed E-state index contributed by atoms with van der Waals surface area (Å²) in [7, 11) is 0. The Hall–Kier alpha value is -1.47. The monoisotopic (exact) mass is 762 g/mol. The van der Waals surface area contributed by atoms with E-state index in [1.54, 1.807) is 0 Å². The minimum absolute atomic E-state index is 0.346. The van der Waals surface area contributed by atoms with Crippen molar-refractivity contribution < 1.29 is 25.2 Å². The van der Waals surface area contributed by atoms with Crippen molar-refractivity contribution >= 4 is 5.91 Å². The minimum atomic E-state index is -1.29. The molecule has 0 aliphatic heterocycles. The van der Waals surface area contributed by atoms with Crippen molar-refractivity contribution in [3.63, 3.8) is 0 Å². The van der Waals surface area contributed by atoms with E-state index in [2.05, 4.69) is 55.6 Å². The average molecular weight is 762 g/mol. The Morgan fingerprint density at radius 1 is 0.444 bits per heavy atom. The first-order valence-electron chi connectivity index (χ1n) is 23.4. The Labute approximate surface area is 335 Å². The highest BCUT2D eigenvalue weighted by atomic mass is 16.3. The quantitative estimate of drug-likeness (QED) is 0.0314. The molecule has 0 bridgehead atoms. The van der Waals surface area contributed by atoms with Gasteiger partial charge in [-0.2, -0.15) is 0 Å². The van der Waals surface area contributed by atoms with Gasteiger partial charge in [-0.15, -0.1) is 0 Å². The molecule has 4 unspecified atom stereocenters. The number of hydrogen-bond donors (Lipinski definition) is 5. The predicted molar refractivity (Wildman–Crippen MR) is 233 cm³/mol. The van der Waals surface area contributed by atoms with Gasteiger partial charge < -0.3 is 25.7 Å². The molecule has 318 valence electrons. The van der Waals surface area contributed by atoms with Gasteiger partial charge >= 0.3 is 0 Å². The predicted octanol–water partition coefficient (Wildman–Crippen LogP) is 12.5. The third kappa shape index (κ3) is 36.2. The van der Waals surface area contributed by atoms with Crippen LogP contribution >= 0.6 is 0 Å². The van der Waals surface area contributed by atoms with E-state index in [0.29, 0.717) is 19.3 Å². The fraction of sp³-hybridized carbons (Fsp3) is 0.854. The molecule has 0 aromatic heterocycles. The standard InChI is InChI=1S/C48H91NO5/c1-3-5-7-9-11-13-15-17-19-21-22-23-24-26-27-29-31-33-35-37-39-41-45(51)47(53)44(43-50)49-48(54)46(52)42-40-38-36-34-32-30-28-25-20-18-16-14-12-10-8-6-4-2/h26-28,30,33,35,44-47,50-53H,3-25,29,31-32,34,36-43H2,1-2H3,(H,49,54)/b27-26+,30-28-,35-33+. The molecular formula is C48H91NO5. The fourth-order valence-corrected chi connectivity index (χ4v) is 7.06. The maximum atomic E-state index is 12.5. The number of hydrogen-bond acceptors (Lipinski definition) is 5. The van der Waals surface area contributed by atoms with Gasteiger partial charge in [0.1, 0.15) is 12.2 Å². The highest BCUT2D eigenvalue weighted by Crippen LogP contribution is 2.15. The zero-order chi connectivity index (χ0) is 39.6. The van der Waals surface area contributed by atoms with Crippen LogP contribution < -0.4 is 5.32 Å². The molecule has 0 radical (unpaired) electrons. The highest BCUT2D eigenvalue weighted by molar-refractivity contribution is 5.80. The van der Waals surface area contributed by atoms with Crippen molar-refractivity contribution in [1.82, 2.24) is 5.32 Å². The first-order valence-corrected chi connectivity index (χ1v) is 23.4. The number of rotatable bonds is 42. The van der Waals surface area contributed by atoms with E-state index in [1.165, 1.54) is 148 Å². The van der Waals surface area contributed by atoms with Crippen LogP contribution in [0.3, 0.4) is 0 Å². The maximum Gasteiger partial charge on any atom is 0.249 e. The fourth-order valence-electron chi connectivity index (χ4n) is 7.06. The van der Waals surface area contributed by atoms with Gasteiger partial charge in [0.25, 0.3) is 0 Å². The van der Waals surface area contributed by atoms with Crippen molar-refractivity contribution in [2.75, 3.05) is 6.61 Å². The van der Waals surface area contributed by atoms with Gasteiger partial charge in [-0.25, -0.2) is 0 Å². The van der Waals surface area contributed by atoms with E-state index in [9.17, 15) is 25.2 Å². The van der Waals surface area contributed by atoms with Crippen LogP contribution in [0, 0.1) is 0 Å². The summed E-state index contributed by atoms with van der Waals surface area (Å²) in [5.74, 6) is -0.606. The van der Waals surface area contributed by atoms with Gasteiger partial charge in [0.2, 0.25) is 5.91 Å². The molecule has 0 saturated carbocycles. The number of aliphatic hydroxyl groups is 4. The van der Waals surface area contributed by atoms with Crippen LogP contribution in [-0.4, -0.2) is 57.3 Å². The molecule has 0 aliphatic rings. The summed E-state index contributed by atoms with van der Waals surface area (Å²) in [6.45, 7) is 4.04. The van der Waals surface area contributed by atoms with Gasteiger partial charge in [-0.1, -0.05) is 192 Å². The van der Waals surface area contributed by atoms with Crippen molar-refractivity contribution in [2.24, 2.45) is 0 Å². The largest absolute Gasteiger partial charge is 0.394 e. The summed E-state index contributed by atoms with van der Waals surface area (Å²) >= 11 is 0. The van der Waals surface area contributed by atoms with Gasteiger partial charge in [0.15, 0.2) is 0 Å². The summed E-state index contributed by atoms with van der Waals surface area (Å²) in [5.41, 5.74) is 0. The van der Waals surface area contributed by atoms with Gasteiger partial charge in [0, 0.05) is 0 Å². The molecule has 0 aliphatic carbocycles. The summed E-state index contributed by atoms with van der Waals surface area (Å²) in [5, 5.41) is 43.7. The molecule has 0 rings (SSSR count). The van der Waals surface area contributed by atoms with E-state index >= 15 is 0 Å². The van der Waals surface area contributed by atoms with E-state index < -0.39 is 36.9 Å². The topological polar surface area (TPSA) is 110 Å². The van der Waals surface area contributed by atoms with Crippen LogP contribution in [0.25, 0.3) is 0 Å². The van der Waals surface area contributed by atoms with Crippen LogP contribution in [0.15, 0.2) is 36.5 Å². The SMILES string of the molecule is CCCCCCCCCCC/C=C\CCCCCCC(O)C(=O)NC(CO)C(O)C(O)CCC/C=C/CC/C=C/CCCCCCCCCCCCCC. The maximum absolute atomic E-state index is 12.5. The normalized spacial score (nSPS) is 14.4. The van der Waals surface area contributed by atoms with E-state index in [1.807, 2.05) is 0 Å². The van der Waals surface area contributed by atoms with Crippen LogP contribution in [0.5, 0.6) is 0 Å². The highest BCUT2D eigenvalue weighted by Gasteiger charge is 2.28. The smallest absolute Gasteiger partial charge is 0.249 e. The summed E-state index contributed by atoms with van der Waals surface area (Å²) in [6, 6.07) is -1.01. The third-order valence-corrected chi connectivity index (χ3v) is 10.8. The molecule has 0 saturated heterocycles. The van der Waals surface area contributed by atoms with Gasteiger partial charge in [-0.3, -0.25) is 4.79 Å². The lowest BCUT2D eigenvalue weighted by molar-refractivity contribution is -0.132. The lowest BCUT2D eigenvalue weighted by Crippen LogP contribution is -2.53. The second-order valence-electron chi connectivity index (χ2n) is 16.1. The molecule has 0 spiro atoms. The van der Waals surface area contributed by atoms with Crippen LogP contribution in [-0.2, 0) is 4.79 Å². The van der Waals surface area contributed by atoms with E-state index in [4.69, 9.17) is 0 Å². The molecular weight excluding hydrogens is 671 g/mol. The number of unbranched alkanes of at least 4 members (excludes halogenated alkanes) is 27. The lowest BCUT2D eigenvalue weighted by Gasteiger charge is -2.27. The Morgan fingerprint density at radius 2 is 0.778 bits per heavy atom. The van der Waals surface area contributed by atoms with Crippen LogP contribution in [0.1, 0.15) is 232 Å². The second kappa shape index (κ2) is 42.7. The number of amides is 1. The van der Waals surface area contributed by atoms with Crippen molar-refractivity contribution in [2.45, 2.75) is 257 Å². The Bertz CT molecular complexity index is 858. The number of allylic oxidation sites excluding steroid dienone is 6.